The lowest BCUT2D eigenvalue weighted by Gasteiger charge is -2.39. The Kier molecular flexibility index (Phi) is 4.54. The van der Waals surface area contributed by atoms with Gasteiger partial charge in [0.05, 0.1) is 6.10 Å². The topological polar surface area (TPSA) is 44.8 Å². The maximum Gasteiger partial charge on any atom is 0.304 e. The monoisotopic (exact) mass is 216 g/mol. The molecule has 1 aliphatic heterocycles. The summed E-state index contributed by atoms with van der Waals surface area (Å²) >= 11 is 0. The summed E-state index contributed by atoms with van der Waals surface area (Å²) in [6.45, 7) is 7.42. The quantitative estimate of drug-likeness (QED) is 0.677. The van der Waals surface area contributed by atoms with Gasteiger partial charge in [0.2, 0.25) is 6.29 Å². The van der Waals surface area contributed by atoms with E-state index in [9.17, 15) is 4.79 Å². The molecule has 0 aromatic rings. The number of ether oxygens (including phenoxy) is 3. The van der Waals surface area contributed by atoms with Crippen molar-refractivity contribution < 1.29 is 19.0 Å². The normalized spacial score (nSPS) is 36.3. The summed E-state index contributed by atoms with van der Waals surface area (Å²) in [6, 6.07) is 0. The van der Waals surface area contributed by atoms with Crippen molar-refractivity contribution >= 4 is 5.97 Å². The summed E-state index contributed by atoms with van der Waals surface area (Å²) in [5.41, 5.74) is 0. The van der Waals surface area contributed by atoms with E-state index in [4.69, 9.17) is 14.2 Å². The molecular weight excluding hydrogens is 196 g/mol. The van der Waals surface area contributed by atoms with Gasteiger partial charge in [0, 0.05) is 12.8 Å². The number of esters is 1. The summed E-state index contributed by atoms with van der Waals surface area (Å²) < 4.78 is 16.3. The summed E-state index contributed by atoms with van der Waals surface area (Å²) in [5.74, 6) is -0.222. The van der Waals surface area contributed by atoms with Gasteiger partial charge in [-0.3, -0.25) is 4.79 Å². The lowest BCUT2D eigenvalue weighted by molar-refractivity contribution is -0.321. The molecule has 15 heavy (non-hydrogen) atoms. The fraction of sp³-hybridized carbons (Fsp3) is 0.909. The SMILES string of the molecule is CCC1OC(CC)C(C)C(OC(C)=O)O1. The Labute approximate surface area is 90.9 Å². The first-order valence-electron chi connectivity index (χ1n) is 5.56. The fourth-order valence-electron chi connectivity index (χ4n) is 1.76. The molecular formula is C11H20O4. The highest BCUT2D eigenvalue weighted by Gasteiger charge is 2.36. The minimum atomic E-state index is -0.467. The van der Waals surface area contributed by atoms with Crippen molar-refractivity contribution in [2.75, 3.05) is 0 Å². The Morgan fingerprint density at radius 2 is 1.93 bits per heavy atom. The van der Waals surface area contributed by atoms with Crippen LogP contribution in [0.1, 0.15) is 40.5 Å². The minimum absolute atomic E-state index is 0.0849. The zero-order chi connectivity index (χ0) is 11.4. The van der Waals surface area contributed by atoms with Gasteiger partial charge in [-0.25, -0.2) is 0 Å². The number of carbonyl (C=O) groups excluding carboxylic acids is 1. The van der Waals surface area contributed by atoms with E-state index in [-0.39, 0.29) is 24.3 Å². The van der Waals surface area contributed by atoms with Crippen LogP contribution in [0.2, 0.25) is 0 Å². The highest BCUT2D eigenvalue weighted by atomic mass is 16.8. The second kappa shape index (κ2) is 5.47. The van der Waals surface area contributed by atoms with Crippen molar-refractivity contribution in [2.45, 2.75) is 59.2 Å². The highest BCUT2D eigenvalue weighted by Crippen LogP contribution is 2.28. The Bertz CT molecular complexity index is 217. The van der Waals surface area contributed by atoms with Crippen molar-refractivity contribution in [1.29, 1.82) is 0 Å². The third-order valence-electron chi connectivity index (χ3n) is 2.65. The van der Waals surface area contributed by atoms with Gasteiger partial charge < -0.3 is 14.2 Å². The molecule has 0 spiro atoms. The maximum atomic E-state index is 10.9. The van der Waals surface area contributed by atoms with E-state index in [0.717, 1.165) is 12.8 Å². The molecule has 0 radical (unpaired) electrons. The molecule has 4 nitrogen and oxygen atoms in total. The van der Waals surface area contributed by atoms with Crippen molar-refractivity contribution in [3.05, 3.63) is 0 Å². The first kappa shape index (κ1) is 12.5. The van der Waals surface area contributed by atoms with Crippen molar-refractivity contribution in [3.8, 4) is 0 Å². The molecule has 0 aromatic carbocycles. The molecule has 4 unspecified atom stereocenters. The van der Waals surface area contributed by atoms with Gasteiger partial charge in [-0.1, -0.05) is 20.8 Å². The van der Waals surface area contributed by atoms with Crippen LogP contribution < -0.4 is 0 Å². The van der Waals surface area contributed by atoms with E-state index in [0.29, 0.717) is 0 Å². The van der Waals surface area contributed by atoms with Crippen LogP contribution in [0.3, 0.4) is 0 Å². The Morgan fingerprint density at radius 3 is 2.40 bits per heavy atom. The summed E-state index contributed by atoms with van der Waals surface area (Å²) in [5, 5.41) is 0. The van der Waals surface area contributed by atoms with Crippen LogP contribution in [0.4, 0.5) is 0 Å². The fourth-order valence-corrected chi connectivity index (χ4v) is 1.76. The Morgan fingerprint density at radius 1 is 1.27 bits per heavy atom. The average molecular weight is 216 g/mol. The smallest absolute Gasteiger partial charge is 0.304 e. The average Bonchev–Trinajstić information content (AvgIpc) is 2.20. The Balaban J connectivity index is 2.63. The molecule has 88 valence electrons. The molecule has 0 bridgehead atoms. The van der Waals surface area contributed by atoms with Crippen molar-refractivity contribution in [3.63, 3.8) is 0 Å². The molecule has 4 atom stereocenters. The number of hydrogen-bond acceptors (Lipinski definition) is 4. The van der Waals surface area contributed by atoms with Crippen LogP contribution in [0.5, 0.6) is 0 Å². The molecule has 1 fully saturated rings. The molecule has 1 heterocycles. The van der Waals surface area contributed by atoms with E-state index < -0.39 is 6.29 Å². The first-order valence-corrected chi connectivity index (χ1v) is 5.56. The number of rotatable bonds is 3. The molecule has 0 N–H and O–H groups in total. The zero-order valence-corrected chi connectivity index (χ0v) is 9.86. The third-order valence-corrected chi connectivity index (χ3v) is 2.65. The van der Waals surface area contributed by atoms with E-state index in [1.807, 2.05) is 13.8 Å². The van der Waals surface area contributed by atoms with Crippen LogP contribution >= 0.6 is 0 Å². The standard InChI is InChI=1S/C11H20O4/c1-5-9-7(3)11(13-8(4)12)15-10(6-2)14-9/h7,9-11H,5-6H2,1-4H3. The van der Waals surface area contributed by atoms with Gasteiger partial charge >= 0.3 is 5.97 Å². The molecule has 1 rings (SSSR count). The highest BCUT2D eigenvalue weighted by molar-refractivity contribution is 5.66. The predicted octanol–water partition coefficient (Wildman–Crippen LogP) is 2.07. The van der Waals surface area contributed by atoms with Crippen LogP contribution in [0.15, 0.2) is 0 Å². The molecule has 0 aliphatic carbocycles. The van der Waals surface area contributed by atoms with E-state index in [1.54, 1.807) is 0 Å². The van der Waals surface area contributed by atoms with Gasteiger partial charge in [0.15, 0.2) is 6.29 Å². The van der Waals surface area contributed by atoms with E-state index in [1.165, 1.54) is 6.92 Å². The van der Waals surface area contributed by atoms with Crippen LogP contribution in [0.25, 0.3) is 0 Å². The minimum Gasteiger partial charge on any atom is -0.435 e. The molecule has 1 aliphatic rings. The molecule has 0 aromatic heterocycles. The molecule has 0 amide bonds. The molecule has 0 saturated carbocycles. The largest absolute Gasteiger partial charge is 0.435 e. The molecule has 1 saturated heterocycles. The van der Waals surface area contributed by atoms with Crippen LogP contribution in [0, 0.1) is 5.92 Å². The van der Waals surface area contributed by atoms with Gasteiger partial charge in [-0.2, -0.15) is 0 Å². The second-order valence-electron chi connectivity index (χ2n) is 3.89. The van der Waals surface area contributed by atoms with Crippen molar-refractivity contribution in [1.82, 2.24) is 0 Å². The molecule has 4 heteroatoms. The third kappa shape index (κ3) is 3.18. The van der Waals surface area contributed by atoms with E-state index >= 15 is 0 Å². The van der Waals surface area contributed by atoms with Gasteiger partial charge in [-0.15, -0.1) is 0 Å². The van der Waals surface area contributed by atoms with Gasteiger partial charge in [0.1, 0.15) is 0 Å². The second-order valence-corrected chi connectivity index (χ2v) is 3.89. The zero-order valence-electron chi connectivity index (χ0n) is 9.86. The lowest BCUT2D eigenvalue weighted by Crippen LogP contribution is -2.46. The lowest BCUT2D eigenvalue weighted by atomic mass is 10.0. The van der Waals surface area contributed by atoms with Crippen LogP contribution in [-0.4, -0.2) is 24.7 Å². The predicted molar refractivity (Wildman–Crippen MR) is 55.0 cm³/mol. The van der Waals surface area contributed by atoms with Gasteiger partial charge in [0.25, 0.3) is 0 Å². The van der Waals surface area contributed by atoms with Gasteiger partial charge in [-0.05, 0) is 12.8 Å². The van der Waals surface area contributed by atoms with Crippen LogP contribution in [-0.2, 0) is 19.0 Å². The van der Waals surface area contributed by atoms with E-state index in [2.05, 4.69) is 6.92 Å². The summed E-state index contributed by atoms with van der Waals surface area (Å²) in [7, 11) is 0. The number of carbonyl (C=O) groups is 1. The first-order chi connectivity index (χ1) is 7.08. The summed E-state index contributed by atoms with van der Waals surface area (Å²) in [6.07, 6.45) is 1.05. The Hall–Kier alpha value is -0.610. The van der Waals surface area contributed by atoms with Crippen molar-refractivity contribution in [2.24, 2.45) is 5.92 Å². The number of hydrogen-bond donors (Lipinski definition) is 0. The maximum absolute atomic E-state index is 10.9. The summed E-state index contributed by atoms with van der Waals surface area (Å²) in [4.78, 5) is 10.9.